The van der Waals surface area contributed by atoms with E-state index in [-0.39, 0.29) is 12.2 Å². The van der Waals surface area contributed by atoms with Gasteiger partial charge in [0.25, 0.3) is 0 Å². The van der Waals surface area contributed by atoms with Crippen molar-refractivity contribution in [1.29, 1.82) is 0 Å². The van der Waals surface area contributed by atoms with Gasteiger partial charge in [0.1, 0.15) is 5.82 Å². The van der Waals surface area contributed by atoms with Crippen LogP contribution in [0.4, 0.5) is 4.39 Å². The minimum absolute atomic E-state index is 0.194. The van der Waals surface area contributed by atoms with Gasteiger partial charge in [-0.15, -0.1) is 0 Å². The fourth-order valence-corrected chi connectivity index (χ4v) is 3.17. The molecule has 1 saturated carbocycles. The molecule has 0 spiro atoms. The van der Waals surface area contributed by atoms with E-state index in [1.54, 1.807) is 19.2 Å². The highest BCUT2D eigenvalue weighted by atomic mass is 35.5. The highest BCUT2D eigenvalue weighted by Gasteiger charge is 2.39. The molecule has 0 amide bonds. The zero-order chi connectivity index (χ0) is 13.9. The third-order valence-electron chi connectivity index (χ3n) is 4.17. The number of aliphatic hydroxyl groups excluding tert-OH is 1. The first-order valence-corrected chi connectivity index (χ1v) is 7.13. The first-order valence-electron chi connectivity index (χ1n) is 6.75. The summed E-state index contributed by atoms with van der Waals surface area (Å²) < 4.78 is 19.3. The molecule has 1 unspecified atom stereocenters. The van der Waals surface area contributed by atoms with Crippen molar-refractivity contribution in [2.24, 2.45) is 0 Å². The summed E-state index contributed by atoms with van der Waals surface area (Å²) in [6.45, 7) is 0. The Morgan fingerprint density at radius 3 is 2.63 bits per heavy atom. The molecular formula is C15H20ClFO2. The van der Waals surface area contributed by atoms with Crippen LogP contribution in [0.1, 0.15) is 37.7 Å². The molecule has 0 bridgehead atoms. The van der Waals surface area contributed by atoms with Crippen molar-refractivity contribution in [3.63, 3.8) is 0 Å². The molecule has 1 fully saturated rings. The van der Waals surface area contributed by atoms with Crippen molar-refractivity contribution < 1.29 is 14.2 Å². The summed E-state index contributed by atoms with van der Waals surface area (Å²) >= 11 is 6.01. The molecule has 2 nitrogen and oxygen atoms in total. The highest BCUT2D eigenvalue weighted by molar-refractivity contribution is 6.31. The van der Waals surface area contributed by atoms with Gasteiger partial charge in [-0.2, -0.15) is 0 Å². The van der Waals surface area contributed by atoms with Crippen LogP contribution in [0.5, 0.6) is 0 Å². The maximum Gasteiger partial charge on any atom is 0.127 e. The van der Waals surface area contributed by atoms with Gasteiger partial charge in [-0.3, -0.25) is 0 Å². The van der Waals surface area contributed by atoms with Crippen molar-refractivity contribution in [2.45, 2.75) is 50.2 Å². The van der Waals surface area contributed by atoms with Gasteiger partial charge >= 0.3 is 0 Å². The Bertz CT molecular complexity index is 410. The van der Waals surface area contributed by atoms with Gasteiger partial charge < -0.3 is 9.84 Å². The number of rotatable bonds is 4. The summed E-state index contributed by atoms with van der Waals surface area (Å²) in [5, 5.41) is 10.8. The minimum atomic E-state index is -0.729. The Labute approximate surface area is 118 Å². The van der Waals surface area contributed by atoms with Crippen LogP contribution in [0.2, 0.25) is 5.02 Å². The van der Waals surface area contributed by atoms with E-state index in [9.17, 15) is 9.50 Å². The maximum absolute atomic E-state index is 13.8. The average molecular weight is 287 g/mol. The molecule has 2 rings (SSSR count). The van der Waals surface area contributed by atoms with Crippen LogP contribution in [0.15, 0.2) is 18.2 Å². The lowest BCUT2D eigenvalue weighted by Gasteiger charge is -2.40. The summed E-state index contributed by atoms with van der Waals surface area (Å²) in [5.41, 5.74) is -0.178. The zero-order valence-electron chi connectivity index (χ0n) is 11.2. The summed E-state index contributed by atoms with van der Waals surface area (Å²) in [4.78, 5) is 0. The molecule has 19 heavy (non-hydrogen) atoms. The van der Waals surface area contributed by atoms with Crippen LogP contribution in [0, 0.1) is 5.82 Å². The normalized spacial score (nSPS) is 20.2. The second-order valence-electron chi connectivity index (χ2n) is 5.25. The summed E-state index contributed by atoms with van der Waals surface area (Å²) in [6.07, 6.45) is 4.34. The largest absolute Gasteiger partial charge is 0.390 e. The summed E-state index contributed by atoms with van der Waals surface area (Å²) in [7, 11) is 1.62. The molecule has 1 aromatic carbocycles. The summed E-state index contributed by atoms with van der Waals surface area (Å²) in [5.74, 6) is -0.367. The lowest BCUT2D eigenvalue weighted by atomic mass is 9.78. The summed E-state index contributed by atoms with van der Waals surface area (Å²) in [6, 6.07) is 4.58. The van der Waals surface area contributed by atoms with Crippen molar-refractivity contribution in [1.82, 2.24) is 0 Å². The Morgan fingerprint density at radius 1 is 1.37 bits per heavy atom. The molecular weight excluding hydrogens is 267 g/mol. The Kier molecular flexibility index (Phi) is 4.82. The Hall–Kier alpha value is -0.640. The van der Waals surface area contributed by atoms with E-state index in [4.69, 9.17) is 16.3 Å². The number of ether oxygens (including phenoxy) is 1. The average Bonchev–Trinajstić information content (AvgIpc) is 2.43. The quantitative estimate of drug-likeness (QED) is 0.914. The monoisotopic (exact) mass is 286 g/mol. The van der Waals surface area contributed by atoms with E-state index >= 15 is 0 Å². The van der Waals surface area contributed by atoms with Crippen molar-refractivity contribution in [3.8, 4) is 0 Å². The third kappa shape index (κ3) is 3.10. The predicted octanol–water partition coefficient (Wildman–Crippen LogP) is 3.73. The molecule has 0 aromatic heterocycles. The van der Waals surface area contributed by atoms with E-state index in [0.717, 1.165) is 32.1 Å². The number of benzene rings is 1. The molecule has 1 aliphatic rings. The second-order valence-corrected chi connectivity index (χ2v) is 5.66. The van der Waals surface area contributed by atoms with Gasteiger partial charge in [0.15, 0.2) is 0 Å². The fraction of sp³-hybridized carbons (Fsp3) is 0.600. The lowest BCUT2D eigenvalue weighted by Crippen LogP contribution is -2.47. The van der Waals surface area contributed by atoms with Crippen LogP contribution < -0.4 is 0 Å². The van der Waals surface area contributed by atoms with Crippen LogP contribution in [0.25, 0.3) is 0 Å². The second kappa shape index (κ2) is 6.21. The smallest absolute Gasteiger partial charge is 0.127 e. The topological polar surface area (TPSA) is 29.5 Å². The van der Waals surface area contributed by atoms with Crippen LogP contribution in [-0.2, 0) is 11.2 Å². The standard InChI is InChI=1S/C15H20ClFO2/c1-19-15(8-3-2-4-9-15)14(18)10-11-12(16)6-5-7-13(11)17/h5-7,14,18H,2-4,8-10H2,1H3. The highest BCUT2D eigenvalue weighted by Crippen LogP contribution is 2.36. The van der Waals surface area contributed by atoms with E-state index in [0.29, 0.717) is 10.6 Å². The molecule has 1 N–H and O–H groups in total. The molecule has 1 aliphatic carbocycles. The van der Waals surface area contributed by atoms with Crippen LogP contribution >= 0.6 is 11.6 Å². The SMILES string of the molecule is COC1(C(O)Cc2c(F)cccc2Cl)CCCCC1. The van der Waals surface area contributed by atoms with Gasteiger partial charge in [0, 0.05) is 24.1 Å². The van der Waals surface area contributed by atoms with Gasteiger partial charge in [-0.25, -0.2) is 4.39 Å². The molecule has 106 valence electrons. The number of halogens is 2. The molecule has 0 aliphatic heterocycles. The third-order valence-corrected chi connectivity index (χ3v) is 4.53. The van der Waals surface area contributed by atoms with Crippen LogP contribution in [-0.4, -0.2) is 23.9 Å². The van der Waals surface area contributed by atoms with Crippen molar-refractivity contribution in [3.05, 3.63) is 34.6 Å². The number of hydrogen-bond acceptors (Lipinski definition) is 2. The van der Waals surface area contributed by atoms with E-state index in [2.05, 4.69) is 0 Å². The predicted molar refractivity (Wildman–Crippen MR) is 73.9 cm³/mol. The van der Waals surface area contributed by atoms with Crippen LogP contribution in [0.3, 0.4) is 0 Å². The molecule has 0 radical (unpaired) electrons. The van der Waals surface area contributed by atoms with Gasteiger partial charge in [0.2, 0.25) is 0 Å². The zero-order valence-corrected chi connectivity index (χ0v) is 11.9. The van der Waals surface area contributed by atoms with Gasteiger partial charge in [-0.05, 0) is 25.0 Å². The van der Waals surface area contributed by atoms with Crippen molar-refractivity contribution in [2.75, 3.05) is 7.11 Å². The first-order chi connectivity index (χ1) is 9.09. The van der Waals surface area contributed by atoms with E-state index in [1.165, 1.54) is 6.07 Å². The number of aliphatic hydroxyl groups is 1. The Morgan fingerprint density at radius 2 is 2.05 bits per heavy atom. The van der Waals surface area contributed by atoms with E-state index < -0.39 is 11.7 Å². The van der Waals surface area contributed by atoms with Crippen molar-refractivity contribution >= 4 is 11.6 Å². The molecule has 1 aromatic rings. The Balaban J connectivity index is 2.17. The minimum Gasteiger partial charge on any atom is -0.390 e. The molecule has 0 heterocycles. The van der Waals surface area contributed by atoms with E-state index in [1.807, 2.05) is 0 Å². The number of methoxy groups -OCH3 is 1. The first kappa shape index (κ1) is 14.8. The van der Waals surface area contributed by atoms with Gasteiger partial charge in [-0.1, -0.05) is 36.9 Å². The molecule has 0 saturated heterocycles. The molecule has 1 atom stereocenters. The molecule has 4 heteroatoms. The van der Waals surface area contributed by atoms with Gasteiger partial charge in [0.05, 0.1) is 11.7 Å². The number of hydrogen-bond donors (Lipinski definition) is 1. The lowest BCUT2D eigenvalue weighted by molar-refractivity contribution is -0.122. The maximum atomic E-state index is 13.8. The fourth-order valence-electron chi connectivity index (χ4n) is 2.93.